The number of ketones is 1. The molecule has 19 heavy (non-hydrogen) atoms. The quantitative estimate of drug-likeness (QED) is 0.705. The summed E-state index contributed by atoms with van der Waals surface area (Å²) in [6.45, 7) is 0.598. The molecule has 4 atom stereocenters. The molecule has 1 saturated heterocycles. The molecule has 0 aromatic heterocycles. The first-order valence-electron chi connectivity index (χ1n) is 7.38. The number of benzene rings is 1. The molecule has 4 rings (SSSR count). The predicted molar refractivity (Wildman–Crippen MR) is 71.8 cm³/mol. The van der Waals surface area contributed by atoms with Crippen LogP contribution in [0.25, 0.3) is 0 Å². The van der Waals surface area contributed by atoms with Crippen LogP contribution in [0, 0.1) is 11.1 Å². The maximum absolute atomic E-state index is 12.7. The standard InChI is InChI=1S/C16H19NO2/c18-15-7-3-6-13-14-10-11-4-1-2-5-12(11)16(13,15)8-9-17(14)19/h1-2,4-5,13-14,17H,3,6-10H2/t13-,14+,16+/m0/s1. The lowest BCUT2D eigenvalue weighted by Gasteiger charge is -2.56. The molecule has 0 spiro atoms. The Bertz CT molecular complexity index is 541. The molecule has 1 aromatic carbocycles. The molecule has 1 unspecified atom stereocenters. The molecule has 2 bridgehead atoms. The van der Waals surface area contributed by atoms with Gasteiger partial charge in [-0.15, -0.1) is 0 Å². The van der Waals surface area contributed by atoms with Gasteiger partial charge in [-0.1, -0.05) is 24.3 Å². The molecule has 3 nitrogen and oxygen atoms in total. The highest BCUT2D eigenvalue weighted by molar-refractivity contribution is 5.92. The molecule has 1 saturated carbocycles. The van der Waals surface area contributed by atoms with Crippen LogP contribution in [-0.4, -0.2) is 18.4 Å². The summed E-state index contributed by atoms with van der Waals surface area (Å²) < 4.78 is 0. The second kappa shape index (κ2) is 3.90. The summed E-state index contributed by atoms with van der Waals surface area (Å²) in [6, 6.07) is 8.43. The van der Waals surface area contributed by atoms with Gasteiger partial charge in [0.25, 0.3) is 0 Å². The van der Waals surface area contributed by atoms with Crippen molar-refractivity contribution in [1.82, 2.24) is 0 Å². The average molecular weight is 257 g/mol. The number of carbonyl (C=O) groups is 1. The molecule has 100 valence electrons. The third-order valence-electron chi connectivity index (χ3n) is 5.65. The third kappa shape index (κ3) is 1.37. The average Bonchev–Trinajstić information content (AvgIpc) is 2.43. The highest BCUT2D eigenvalue weighted by atomic mass is 16.5. The van der Waals surface area contributed by atoms with Crippen molar-refractivity contribution in [3.8, 4) is 0 Å². The van der Waals surface area contributed by atoms with Gasteiger partial charge in [-0.25, -0.2) is 0 Å². The zero-order valence-electron chi connectivity index (χ0n) is 11.0. The zero-order chi connectivity index (χ0) is 13.0. The Morgan fingerprint density at radius 2 is 2.16 bits per heavy atom. The van der Waals surface area contributed by atoms with E-state index in [1.54, 1.807) is 0 Å². The fraction of sp³-hybridized carbons (Fsp3) is 0.562. The Morgan fingerprint density at radius 1 is 1.32 bits per heavy atom. The second-order valence-corrected chi connectivity index (χ2v) is 6.33. The minimum Gasteiger partial charge on any atom is -0.634 e. The van der Waals surface area contributed by atoms with Crippen LogP contribution in [-0.2, 0) is 16.6 Å². The van der Waals surface area contributed by atoms with Crippen molar-refractivity contribution >= 4 is 5.78 Å². The molecule has 1 heterocycles. The van der Waals surface area contributed by atoms with Crippen LogP contribution in [0.4, 0.5) is 0 Å². The number of carbonyl (C=O) groups excluding carboxylic acids is 1. The fourth-order valence-corrected chi connectivity index (χ4v) is 4.87. The number of nitrogens with one attached hydrogen (secondary N) is 1. The highest BCUT2D eigenvalue weighted by Crippen LogP contribution is 2.50. The van der Waals surface area contributed by atoms with Crippen molar-refractivity contribution in [3.63, 3.8) is 0 Å². The van der Waals surface area contributed by atoms with Crippen molar-refractivity contribution in [1.29, 1.82) is 0 Å². The van der Waals surface area contributed by atoms with Crippen molar-refractivity contribution in [2.24, 2.45) is 5.92 Å². The lowest BCUT2D eigenvalue weighted by molar-refractivity contribution is -0.888. The molecule has 1 N–H and O–H groups in total. The number of hydrogen-bond acceptors (Lipinski definition) is 2. The molecule has 3 aliphatic rings. The first-order valence-corrected chi connectivity index (χ1v) is 7.38. The van der Waals surface area contributed by atoms with Crippen molar-refractivity contribution in [2.75, 3.05) is 6.54 Å². The van der Waals surface area contributed by atoms with Gasteiger partial charge in [0.05, 0.1) is 18.0 Å². The molecule has 3 heteroatoms. The third-order valence-corrected chi connectivity index (χ3v) is 5.65. The first kappa shape index (κ1) is 11.6. The van der Waals surface area contributed by atoms with Crippen LogP contribution in [0.15, 0.2) is 24.3 Å². The van der Waals surface area contributed by atoms with Gasteiger partial charge < -0.3 is 10.3 Å². The van der Waals surface area contributed by atoms with E-state index in [0.29, 0.717) is 23.8 Å². The number of quaternary nitrogens is 1. The fourth-order valence-electron chi connectivity index (χ4n) is 4.87. The Hall–Kier alpha value is -1.19. The smallest absolute Gasteiger partial charge is 0.144 e. The van der Waals surface area contributed by atoms with Gasteiger partial charge in [-0.2, -0.15) is 0 Å². The van der Waals surface area contributed by atoms with E-state index in [9.17, 15) is 10.0 Å². The van der Waals surface area contributed by atoms with Crippen LogP contribution >= 0.6 is 0 Å². The topological polar surface area (TPSA) is 44.6 Å². The largest absolute Gasteiger partial charge is 0.634 e. The van der Waals surface area contributed by atoms with Gasteiger partial charge in [0.1, 0.15) is 5.78 Å². The van der Waals surface area contributed by atoms with Gasteiger partial charge in [0, 0.05) is 25.2 Å². The number of hydroxylamine groups is 2. The summed E-state index contributed by atoms with van der Waals surface area (Å²) in [6.07, 6.45) is 4.33. The predicted octanol–water partition coefficient (Wildman–Crippen LogP) is 1.00. The highest BCUT2D eigenvalue weighted by Gasteiger charge is 2.58. The van der Waals surface area contributed by atoms with E-state index in [4.69, 9.17) is 0 Å². The molecular weight excluding hydrogens is 238 g/mol. The zero-order valence-corrected chi connectivity index (χ0v) is 11.0. The second-order valence-electron chi connectivity index (χ2n) is 6.33. The van der Waals surface area contributed by atoms with Crippen LogP contribution in [0.2, 0.25) is 0 Å². The van der Waals surface area contributed by atoms with E-state index in [2.05, 4.69) is 12.1 Å². The van der Waals surface area contributed by atoms with Gasteiger partial charge in [-0.3, -0.25) is 4.79 Å². The minimum absolute atomic E-state index is 0.105. The Kier molecular flexibility index (Phi) is 2.39. The summed E-state index contributed by atoms with van der Waals surface area (Å²) in [5, 5.41) is 12.7. The maximum atomic E-state index is 12.7. The molecule has 0 amide bonds. The van der Waals surface area contributed by atoms with Crippen LogP contribution in [0.3, 0.4) is 0 Å². The molecular formula is C16H19NO2. The van der Waals surface area contributed by atoms with E-state index >= 15 is 0 Å². The van der Waals surface area contributed by atoms with Crippen molar-refractivity contribution < 1.29 is 9.86 Å². The summed E-state index contributed by atoms with van der Waals surface area (Å²) in [5.74, 6) is 0.679. The Morgan fingerprint density at radius 3 is 3.05 bits per heavy atom. The first-order chi connectivity index (χ1) is 9.23. The van der Waals surface area contributed by atoms with Crippen LogP contribution < -0.4 is 5.06 Å². The van der Waals surface area contributed by atoms with Gasteiger partial charge in [-0.05, 0) is 24.0 Å². The monoisotopic (exact) mass is 257 g/mol. The van der Waals surface area contributed by atoms with Gasteiger partial charge in [0.15, 0.2) is 0 Å². The molecule has 1 aliphatic heterocycles. The molecule has 0 radical (unpaired) electrons. The van der Waals surface area contributed by atoms with Crippen LogP contribution in [0.5, 0.6) is 0 Å². The maximum Gasteiger partial charge on any atom is 0.144 e. The number of rotatable bonds is 0. The molecule has 1 aromatic rings. The normalized spacial score (nSPS) is 40.5. The number of Topliss-reactive ketones (excluding diaryl/α,β-unsaturated/α-hetero) is 1. The summed E-state index contributed by atoms with van der Waals surface area (Å²) in [7, 11) is 0. The minimum atomic E-state index is -0.314. The van der Waals surface area contributed by atoms with Gasteiger partial charge in [0.2, 0.25) is 0 Å². The molecule has 2 fully saturated rings. The summed E-state index contributed by atoms with van der Waals surface area (Å²) in [4.78, 5) is 12.7. The van der Waals surface area contributed by atoms with Crippen molar-refractivity contribution in [2.45, 2.75) is 43.6 Å². The van der Waals surface area contributed by atoms with E-state index in [0.717, 1.165) is 25.7 Å². The van der Waals surface area contributed by atoms with E-state index < -0.39 is 0 Å². The lowest BCUT2D eigenvalue weighted by atomic mass is 9.52. The van der Waals surface area contributed by atoms with E-state index in [1.165, 1.54) is 11.1 Å². The number of fused-ring (bicyclic) bond motifs is 1. The summed E-state index contributed by atoms with van der Waals surface area (Å²) >= 11 is 0. The molecule has 2 aliphatic carbocycles. The lowest BCUT2D eigenvalue weighted by Crippen LogP contribution is -3.15. The van der Waals surface area contributed by atoms with E-state index in [-0.39, 0.29) is 17.4 Å². The number of hydrogen-bond donors (Lipinski definition) is 1. The van der Waals surface area contributed by atoms with Gasteiger partial charge >= 0.3 is 0 Å². The van der Waals surface area contributed by atoms with Crippen molar-refractivity contribution in [3.05, 3.63) is 40.6 Å². The Labute approximate surface area is 113 Å². The SMILES string of the molecule is O=C1CCC[C@H]2[C@H]3Cc4ccccc4[C@@]12CC[NH+]3[O-]. The van der Waals surface area contributed by atoms with E-state index in [1.807, 2.05) is 12.1 Å². The van der Waals surface area contributed by atoms with Crippen LogP contribution in [0.1, 0.15) is 36.8 Å². The summed E-state index contributed by atoms with van der Waals surface area (Å²) in [5.41, 5.74) is 2.17. The Balaban J connectivity index is 1.95. The number of piperidine rings is 1.